The van der Waals surface area contributed by atoms with E-state index in [2.05, 4.69) is 33.9 Å². The van der Waals surface area contributed by atoms with Gasteiger partial charge in [0, 0.05) is 23.1 Å². The number of thiocarbonyl (C=S) groups is 1. The Morgan fingerprint density at radius 2 is 2.20 bits per heavy atom. The highest BCUT2D eigenvalue weighted by Crippen LogP contribution is 2.34. The molecule has 1 aliphatic rings. The van der Waals surface area contributed by atoms with Crippen LogP contribution in [0.5, 0.6) is 0 Å². The topological polar surface area (TPSA) is 29.3 Å². The summed E-state index contributed by atoms with van der Waals surface area (Å²) in [7, 11) is 2.12. The van der Waals surface area contributed by atoms with Crippen LogP contribution < -0.4 is 10.6 Å². The van der Waals surface area contributed by atoms with Crippen molar-refractivity contribution in [1.29, 1.82) is 0 Å². The lowest BCUT2D eigenvalue weighted by molar-refractivity contribution is 0.914. The molecule has 0 heterocycles. The van der Waals surface area contributed by atoms with Crippen LogP contribution >= 0.6 is 28.1 Å². The van der Waals surface area contributed by atoms with Crippen LogP contribution in [0.2, 0.25) is 0 Å². The molecule has 0 saturated heterocycles. The number of nitrogens with zero attached hydrogens (tertiary/aromatic N) is 1. The molecule has 0 amide bonds. The Kier molecular flexibility index (Phi) is 2.98. The summed E-state index contributed by atoms with van der Waals surface area (Å²) in [5.41, 5.74) is 7.69. The molecule has 2 N–H and O–H groups in total. The molecule has 80 valence electrons. The van der Waals surface area contributed by atoms with Crippen LogP contribution in [0.15, 0.2) is 22.7 Å². The van der Waals surface area contributed by atoms with Gasteiger partial charge in [0.25, 0.3) is 0 Å². The van der Waals surface area contributed by atoms with Crippen LogP contribution in [-0.2, 0) is 0 Å². The fourth-order valence-electron chi connectivity index (χ4n) is 1.60. The number of hydrogen-bond donors (Lipinski definition) is 1. The average Bonchev–Trinajstić information content (AvgIpc) is 2.99. The first-order valence-electron chi connectivity index (χ1n) is 4.92. The van der Waals surface area contributed by atoms with Crippen molar-refractivity contribution in [2.75, 3.05) is 11.9 Å². The Morgan fingerprint density at radius 3 is 2.67 bits per heavy atom. The summed E-state index contributed by atoms with van der Waals surface area (Å²) < 4.78 is 1.06. The number of benzene rings is 1. The molecule has 1 saturated carbocycles. The number of nitrogens with two attached hydrogens (primary N) is 1. The second-order valence-electron chi connectivity index (χ2n) is 3.87. The third-order valence-electron chi connectivity index (χ3n) is 2.71. The molecule has 0 spiro atoms. The molecular weight excluding hydrogens is 272 g/mol. The standard InChI is InChI=1S/C11H13BrN2S/c1-14(8-3-4-8)10-5-2-7(11(13)15)6-9(10)12/h2,5-6,8H,3-4H2,1H3,(H2,13,15). The molecule has 0 atom stereocenters. The molecule has 1 fully saturated rings. The number of hydrogen-bond acceptors (Lipinski definition) is 2. The molecule has 0 aliphatic heterocycles. The summed E-state index contributed by atoms with van der Waals surface area (Å²) in [6.07, 6.45) is 2.58. The van der Waals surface area contributed by atoms with E-state index in [0.29, 0.717) is 11.0 Å². The summed E-state index contributed by atoms with van der Waals surface area (Å²) in [5, 5.41) is 0. The molecule has 15 heavy (non-hydrogen) atoms. The zero-order valence-corrected chi connectivity index (χ0v) is 10.9. The van der Waals surface area contributed by atoms with Crippen molar-refractivity contribution in [3.05, 3.63) is 28.2 Å². The van der Waals surface area contributed by atoms with E-state index in [1.54, 1.807) is 0 Å². The van der Waals surface area contributed by atoms with Crippen molar-refractivity contribution in [3.63, 3.8) is 0 Å². The van der Waals surface area contributed by atoms with Crippen molar-refractivity contribution >= 4 is 38.8 Å². The minimum absolute atomic E-state index is 0.441. The Labute approximate surface area is 104 Å². The maximum atomic E-state index is 5.58. The maximum Gasteiger partial charge on any atom is 0.104 e. The first-order valence-corrected chi connectivity index (χ1v) is 6.12. The van der Waals surface area contributed by atoms with Crippen LogP contribution in [0.4, 0.5) is 5.69 Å². The molecule has 2 nitrogen and oxygen atoms in total. The van der Waals surface area contributed by atoms with Gasteiger partial charge in [0.05, 0.1) is 5.69 Å². The summed E-state index contributed by atoms with van der Waals surface area (Å²) in [6.45, 7) is 0. The molecule has 2 rings (SSSR count). The van der Waals surface area contributed by atoms with Crippen molar-refractivity contribution in [2.24, 2.45) is 5.73 Å². The van der Waals surface area contributed by atoms with Crippen molar-refractivity contribution in [1.82, 2.24) is 0 Å². The van der Waals surface area contributed by atoms with Gasteiger partial charge in [0.2, 0.25) is 0 Å². The van der Waals surface area contributed by atoms with Crippen LogP contribution in [0.3, 0.4) is 0 Å². The Balaban J connectivity index is 2.29. The van der Waals surface area contributed by atoms with Gasteiger partial charge in [-0.3, -0.25) is 0 Å². The van der Waals surface area contributed by atoms with Gasteiger partial charge in [-0.05, 0) is 47.0 Å². The van der Waals surface area contributed by atoms with Crippen LogP contribution in [-0.4, -0.2) is 18.1 Å². The highest BCUT2D eigenvalue weighted by atomic mass is 79.9. The van der Waals surface area contributed by atoms with Gasteiger partial charge in [-0.15, -0.1) is 0 Å². The van der Waals surface area contributed by atoms with Gasteiger partial charge in [0.15, 0.2) is 0 Å². The van der Waals surface area contributed by atoms with Crippen molar-refractivity contribution in [3.8, 4) is 0 Å². The SMILES string of the molecule is CN(c1ccc(C(N)=S)cc1Br)C1CC1. The third-order valence-corrected chi connectivity index (χ3v) is 3.58. The van der Waals surface area contributed by atoms with Crippen molar-refractivity contribution in [2.45, 2.75) is 18.9 Å². The maximum absolute atomic E-state index is 5.58. The Hall–Kier alpha value is -0.610. The van der Waals surface area contributed by atoms with E-state index in [4.69, 9.17) is 18.0 Å². The predicted octanol–water partition coefficient (Wildman–Crippen LogP) is 2.68. The molecule has 0 bridgehead atoms. The number of anilines is 1. The number of rotatable bonds is 3. The summed E-state index contributed by atoms with van der Waals surface area (Å²) in [5.74, 6) is 0. The van der Waals surface area contributed by atoms with Crippen LogP contribution in [0.1, 0.15) is 18.4 Å². The summed E-state index contributed by atoms with van der Waals surface area (Å²) >= 11 is 8.49. The lowest BCUT2D eigenvalue weighted by Gasteiger charge is -2.20. The zero-order chi connectivity index (χ0) is 11.0. The first kappa shape index (κ1) is 10.9. The Bertz CT molecular complexity index is 402. The highest BCUT2D eigenvalue weighted by molar-refractivity contribution is 9.10. The molecule has 0 aromatic heterocycles. The molecule has 0 unspecified atom stereocenters. The van der Waals surface area contributed by atoms with E-state index in [-0.39, 0.29) is 0 Å². The fourth-order valence-corrected chi connectivity index (χ4v) is 2.39. The molecule has 1 aromatic rings. The van der Waals surface area contributed by atoms with Gasteiger partial charge >= 0.3 is 0 Å². The van der Waals surface area contributed by atoms with Crippen LogP contribution in [0.25, 0.3) is 0 Å². The predicted molar refractivity (Wildman–Crippen MR) is 71.5 cm³/mol. The van der Waals surface area contributed by atoms with E-state index >= 15 is 0 Å². The number of halogens is 1. The van der Waals surface area contributed by atoms with Crippen molar-refractivity contribution < 1.29 is 0 Å². The summed E-state index contributed by atoms with van der Waals surface area (Å²) in [6, 6.07) is 6.73. The quantitative estimate of drug-likeness (QED) is 0.866. The zero-order valence-electron chi connectivity index (χ0n) is 8.53. The van der Waals surface area contributed by atoms with Crippen LogP contribution in [0, 0.1) is 0 Å². The first-order chi connectivity index (χ1) is 7.09. The minimum atomic E-state index is 0.441. The van der Waals surface area contributed by atoms with Gasteiger partial charge in [-0.1, -0.05) is 12.2 Å². The van der Waals surface area contributed by atoms with Gasteiger partial charge in [0.1, 0.15) is 4.99 Å². The van der Waals surface area contributed by atoms with E-state index in [1.807, 2.05) is 12.1 Å². The minimum Gasteiger partial charge on any atom is -0.389 e. The second-order valence-corrected chi connectivity index (χ2v) is 5.17. The summed E-state index contributed by atoms with van der Waals surface area (Å²) in [4.78, 5) is 2.74. The largest absolute Gasteiger partial charge is 0.389 e. The Morgan fingerprint density at radius 1 is 1.53 bits per heavy atom. The molecule has 1 aromatic carbocycles. The van der Waals surface area contributed by atoms with E-state index in [9.17, 15) is 0 Å². The van der Waals surface area contributed by atoms with Gasteiger partial charge < -0.3 is 10.6 Å². The van der Waals surface area contributed by atoms with E-state index < -0.39 is 0 Å². The fraction of sp³-hybridized carbons (Fsp3) is 0.364. The molecule has 0 radical (unpaired) electrons. The van der Waals surface area contributed by atoms with Gasteiger partial charge in [-0.2, -0.15) is 0 Å². The smallest absolute Gasteiger partial charge is 0.104 e. The highest BCUT2D eigenvalue weighted by Gasteiger charge is 2.27. The van der Waals surface area contributed by atoms with E-state index in [1.165, 1.54) is 18.5 Å². The normalized spacial score (nSPS) is 15.1. The van der Waals surface area contributed by atoms with E-state index in [0.717, 1.165) is 10.0 Å². The third kappa shape index (κ3) is 2.32. The molecule has 4 heteroatoms. The average molecular weight is 285 g/mol. The molecular formula is C11H13BrN2S. The molecule has 1 aliphatic carbocycles. The monoisotopic (exact) mass is 284 g/mol. The van der Waals surface area contributed by atoms with Gasteiger partial charge in [-0.25, -0.2) is 0 Å². The lowest BCUT2D eigenvalue weighted by atomic mass is 10.2. The second kappa shape index (κ2) is 4.10. The lowest BCUT2D eigenvalue weighted by Crippen LogP contribution is -2.20.